The normalized spacial score (nSPS) is 12.3. The Bertz CT molecular complexity index is 833. The van der Waals surface area contributed by atoms with Gasteiger partial charge in [0.1, 0.15) is 0 Å². The molecule has 0 heterocycles. The van der Waals surface area contributed by atoms with Crippen molar-refractivity contribution in [3.05, 3.63) is 57.8 Å². The molecule has 0 spiro atoms. The molecule has 0 aliphatic rings. The van der Waals surface area contributed by atoms with Crippen LogP contribution in [0.5, 0.6) is 0 Å². The number of nitrogens with one attached hydrogen (secondary N) is 1. The first-order chi connectivity index (χ1) is 10.5. The highest BCUT2D eigenvalue weighted by atomic mass is 35.5. The maximum atomic E-state index is 13.9. The van der Waals surface area contributed by atoms with Gasteiger partial charge in [0.05, 0.1) is 16.1 Å². The van der Waals surface area contributed by atoms with E-state index in [1.165, 1.54) is 6.07 Å². The molecule has 0 saturated heterocycles. The number of benzene rings is 2. The lowest BCUT2D eigenvalue weighted by Crippen LogP contribution is -2.16. The van der Waals surface area contributed by atoms with Crippen LogP contribution >= 0.6 is 23.2 Å². The van der Waals surface area contributed by atoms with Crippen LogP contribution in [0.2, 0.25) is 10.0 Å². The van der Waals surface area contributed by atoms with Gasteiger partial charge in [-0.25, -0.2) is 12.8 Å². The van der Waals surface area contributed by atoms with Gasteiger partial charge in [0, 0.05) is 10.0 Å². The number of hydrogen-bond donors (Lipinski definition) is 1. The molecule has 0 radical (unpaired) electrons. The number of rotatable bonds is 3. The van der Waals surface area contributed by atoms with Crippen LogP contribution in [0.15, 0.2) is 41.3 Å². The lowest BCUT2D eigenvalue weighted by molar-refractivity contribution is -0.139. The molecule has 0 atom stereocenters. The summed E-state index contributed by atoms with van der Waals surface area (Å²) in [6.45, 7) is 0. The van der Waals surface area contributed by atoms with Crippen molar-refractivity contribution in [1.82, 2.24) is 0 Å². The van der Waals surface area contributed by atoms with Gasteiger partial charge in [-0.1, -0.05) is 29.3 Å². The second kappa shape index (κ2) is 6.18. The van der Waals surface area contributed by atoms with E-state index in [4.69, 9.17) is 23.2 Å². The molecule has 10 heteroatoms. The van der Waals surface area contributed by atoms with Crippen LogP contribution in [0, 0.1) is 5.82 Å². The zero-order valence-corrected chi connectivity index (χ0v) is 13.3. The van der Waals surface area contributed by atoms with Crippen molar-refractivity contribution >= 4 is 38.9 Å². The second-order valence-corrected chi connectivity index (χ2v) is 6.93. The summed E-state index contributed by atoms with van der Waals surface area (Å²) >= 11 is 11.4. The van der Waals surface area contributed by atoms with Gasteiger partial charge in [-0.15, -0.1) is 0 Å². The zero-order valence-electron chi connectivity index (χ0n) is 11.0. The average molecular weight is 388 g/mol. The summed E-state index contributed by atoms with van der Waals surface area (Å²) in [6, 6.07) is 5.59. The van der Waals surface area contributed by atoms with E-state index < -0.39 is 38.2 Å². The van der Waals surface area contributed by atoms with Crippen LogP contribution in [0.25, 0.3) is 0 Å². The van der Waals surface area contributed by atoms with Gasteiger partial charge in [0.15, 0.2) is 5.82 Å². The molecule has 0 amide bonds. The van der Waals surface area contributed by atoms with Crippen LogP contribution in [-0.2, 0) is 16.2 Å². The highest BCUT2D eigenvalue weighted by Gasteiger charge is 2.35. The molecule has 2 aromatic rings. The number of anilines is 1. The van der Waals surface area contributed by atoms with Crippen molar-refractivity contribution in [2.45, 2.75) is 11.1 Å². The monoisotopic (exact) mass is 387 g/mol. The van der Waals surface area contributed by atoms with Gasteiger partial charge < -0.3 is 0 Å². The van der Waals surface area contributed by atoms with Crippen molar-refractivity contribution in [3.8, 4) is 0 Å². The Labute approximate surface area is 138 Å². The minimum atomic E-state index is -4.95. The molecule has 0 aliphatic carbocycles. The molecule has 2 rings (SSSR count). The Morgan fingerprint density at radius 1 is 1.00 bits per heavy atom. The van der Waals surface area contributed by atoms with Crippen LogP contribution in [0.3, 0.4) is 0 Å². The first-order valence-electron chi connectivity index (χ1n) is 5.85. The summed E-state index contributed by atoms with van der Waals surface area (Å²) in [6.07, 6.45) is -4.95. The second-order valence-electron chi connectivity index (χ2n) is 4.38. The third-order valence-electron chi connectivity index (χ3n) is 2.69. The molecule has 0 unspecified atom stereocenters. The number of halogens is 6. The van der Waals surface area contributed by atoms with Crippen LogP contribution < -0.4 is 4.72 Å². The first-order valence-corrected chi connectivity index (χ1v) is 8.09. The lowest BCUT2D eigenvalue weighted by atomic mass is 10.2. The maximum absolute atomic E-state index is 13.9. The topological polar surface area (TPSA) is 46.2 Å². The van der Waals surface area contributed by atoms with Crippen molar-refractivity contribution in [2.24, 2.45) is 0 Å². The van der Waals surface area contributed by atoms with Crippen molar-refractivity contribution in [3.63, 3.8) is 0 Å². The van der Waals surface area contributed by atoms with Gasteiger partial charge in [-0.3, -0.25) is 4.72 Å². The number of alkyl halides is 3. The molecule has 1 N–H and O–H groups in total. The van der Waals surface area contributed by atoms with E-state index in [2.05, 4.69) is 0 Å². The number of sulfonamides is 1. The first kappa shape index (κ1) is 17.8. The fourth-order valence-electron chi connectivity index (χ4n) is 1.72. The smallest absolute Gasteiger partial charge is 0.277 e. The minimum Gasteiger partial charge on any atom is -0.277 e. The fraction of sp³-hybridized carbons (Fsp3) is 0.0769. The molecule has 124 valence electrons. The van der Waals surface area contributed by atoms with E-state index in [0.717, 1.165) is 24.3 Å². The van der Waals surface area contributed by atoms with Crippen LogP contribution in [0.1, 0.15) is 5.56 Å². The van der Waals surface area contributed by atoms with E-state index in [9.17, 15) is 26.0 Å². The summed E-state index contributed by atoms with van der Waals surface area (Å²) in [7, 11) is -4.37. The zero-order chi connectivity index (χ0) is 17.4. The summed E-state index contributed by atoms with van der Waals surface area (Å²) < 4.78 is 77.8. The summed E-state index contributed by atoms with van der Waals surface area (Å²) in [5.74, 6) is -1.73. The van der Waals surface area contributed by atoms with Gasteiger partial charge >= 0.3 is 6.18 Å². The lowest BCUT2D eigenvalue weighted by Gasteiger charge is -2.13. The molecule has 3 nitrogen and oxygen atoms in total. The average Bonchev–Trinajstić information content (AvgIpc) is 2.38. The molecule has 23 heavy (non-hydrogen) atoms. The minimum absolute atomic E-state index is 0.00221. The van der Waals surface area contributed by atoms with Crippen LogP contribution in [-0.4, -0.2) is 8.42 Å². The predicted octanol–water partition coefficient (Wildman–Crippen LogP) is 4.95. The van der Waals surface area contributed by atoms with E-state index in [-0.39, 0.29) is 10.0 Å². The molecule has 0 aromatic heterocycles. The van der Waals surface area contributed by atoms with E-state index in [0.29, 0.717) is 6.07 Å². The molecular formula is C13H7Cl2F4NO2S. The highest BCUT2D eigenvalue weighted by molar-refractivity contribution is 7.92. The van der Waals surface area contributed by atoms with E-state index >= 15 is 0 Å². The van der Waals surface area contributed by atoms with E-state index in [1.807, 2.05) is 0 Å². The SMILES string of the molecule is O=S(=O)(Nc1cccc(C(F)(F)F)c1F)c1cc(Cl)cc(Cl)c1. The maximum Gasteiger partial charge on any atom is 0.419 e. The van der Waals surface area contributed by atoms with Gasteiger partial charge in [-0.2, -0.15) is 13.2 Å². The highest BCUT2D eigenvalue weighted by Crippen LogP contribution is 2.34. The standard InChI is InChI=1S/C13H7Cl2F4NO2S/c14-7-4-8(15)6-9(5-7)23(21,22)20-11-3-1-2-10(12(11)16)13(17,18)19/h1-6,20H. The summed E-state index contributed by atoms with van der Waals surface area (Å²) in [4.78, 5) is -0.410. The van der Waals surface area contributed by atoms with Gasteiger partial charge in [0.2, 0.25) is 0 Å². The van der Waals surface area contributed by atoms with Gasteiger partial charge in [0.25, 0.3) is 10.0 Å². The Balaban J connectivity index is 2.46. The molecule has 0 bridgehead atoms. The van der Waals surface area contributed by atoms with Crippen molar-refractivity contribution in [2.75, 3.05) is 4.72 Å². The summed E-state index contributed by atoms with van der Waals surface area (Å²) in [5.41, 5.74) is -2.42. The predicted molar refractivity (Wildman–Crippen MR) is 78.7 cm³/mol. The van der Waals surface area contributed by atoms with Crippen molar-refractivity contribution < 1.29 is 26.0 Å². The third kappa shape index (κ3) is 4.07. The van der Waals surface area contributed by atoms with Crippen LogP contribution in [0.4, 0.5) is 23.2 Å². The number of hydrogen-bond acceptors (Lipinski definition) is 2. The summed E-state index contributed by atoms with van der Waals surface area (Å²) in [5, 5.41) is 0.00442. The molecule has 0 aliphatic heterocycles. The molecule has 0 fully saturated rings. The Hall–Kier alpha value is -1.51. The fourth-order valence-corrected chi connectivity index (χ4v) is 3.50. The Morgan fingerprint density at radius 3 is 2.09 bits per heavy atom. The quantitative estimate of drug-likeness (QED) is 0.757. The Kier molecular flexibility index (Phi) is 4.79. The molecule has 0 saturated carbocycles. The molecular weight excluding hydrogens is 381 g/mol. The van der Waals surface area contributed by atoms with Crippen molar-refractivity contribution in [1.29, 1.82) is 0 Å². The van der Waals surface area contributed by atoms with Gasteiger partial charge in [-0.05, 0) is 30.3 Å². The molecule has 2 aromatic carbocycles. The Morgan fingerprint density at radius 2 is 1.57 bits per heavy atom. The van der Waals surface area contributed by atoms with E-state index in [1.54, 1.807) is 4.72 Å². The third-order valence-corrected chi connectivity index (χ3v) is 4.48. The largest absolute Gasteiger partial charge is 0.419 e.